The van der Waals surface area contributed by atoms with E-state index >= 15 is 0 Å². The largest absolute Gasteiger partial charge is 0.473 e. The van der Waals surface area contributed by atoms with Crippen LogP contribution in [0.25, 0.3) is 0 Å². The molecule has 3 aliphatic heterocycles. The van der Waals surface area contributed by atoms with Gasteiger partial charge in [-0.05, 0) is 30.6 Å². The van der Waals surface area contributed by atoms with E-state index in [0.717, 1.165) is 0 Å². The predicted octanol–water partition coefficient (Wildman–Crippen LogP) is 3.68. The molecule has 0 fully saturated rings. The number of hydrogen-bond donors (Lipinski definition) is 4. The van der Waals surface area contributed by atoms with E-state index in [0.29, 0.717) is 34.2 Å². The Morgan fingerprint density at radius 1 is 0.686 bits per heavy atom. The van der Waals surface area contributed by atoms with Crippen LogP contribution in [-0.4, -0.2) is 82.3 Å². The third-order valence-corrected chi connectivity index (χ3v) is 11.6. The number of amides is 4. The van der Waals surface area contributed by atoms with Crippen molar-refractivity contribution in [2.75, 3.05) is 6.61 Å². The Morgan fingerprint density at radius 3 is 1.65 bits per heavy atom. The van der Waals surface area contributed by atoms with Gasteiger partial charge in [-0.2, -0.15) is 0 Å². The highest BCUT2D eigenvalue weighted by atomic mass is 32.1. The second-order valence-electron chi connectivity index (χ2n) is 14.3. The van der Waals surface area contributed by atoms with Crippen molar-refractivity contribution in [2.24, 2.45) is 33.7 Å². The Morgan fingerprint density at radius 2 is 1.16 bits per heavy atom. The lowest BCUT2D eigenvalue weighted by atomic mass is 9.96. The Bertz CT molecular complexity index is 1670. The lowest BCUT2D eigenvalue weighted by Gasteiger charge is -2.28. The summed E-state index contributed by atoms with van der Waals surface area (Å²) in [6, 6.07) is -4.34. The highest BCUT2D eigenvalue weighted by molar-refractivity contribution is 7.10. The highest BCUT2D eigenvalue weighted by Gasteiger charge is 2.39. The third kappa shape index (κ3) is 8.43. The van der Waals surface area contributed by atoms with Gasteiger partial charge in [0.15, 0.2) is 12.1 Å². The second-order valence-corrected chi connectivity index (χ2v) is 16.1. The maximum absolute atomic E-state index is 13.9. The molecule has 4 amide bonds. The second kappa shape index (κ2) is 16.2. The van der Waals surface area contributed by atoms with E-state index in [-0.39, 0.29) is 53.9 Å². The lowest BCUT2D eigenvalue weighted by Crippen LogP contribution is -2.54. The van der Waals surface area contributed by atoms with Crippen molar-refractivity contribution in [3.63, 3.8) is 0 Å². The van der Waals surface area contributed by atoms with Crippen LogP contribution in [0.5, 0.6) is 0 Å². The molecule has 0 saturated heterocycles. The molecule has 0 aromatic carbocycles. The maximum atomic E-state index is 13.9. The quantitative estimate of drug-likeness (QED) is 0.345. The van der Waals surface area contributed by atoms with Crippen LogP contribution in [0.15, 0.2) is 20.7 Å². The first kappa shape index (κ1) is 38.3. The first-order valence-electron chi connectivity index (χ1n) is 17.8. The van der Waals surface area contributed by atoms with E-state index in [2.05, 4.69) is 31.3 Å². The van der Waals surface area contributed by atoms with Crippen molar-refractivity contribution in [2.45, 2.75) is 118 Å². The molecular weight excluding hydrogens is 693 g/mol. The normalized spacial score (nSPS) is 28.7. The minimum atomic E-state index is -0.894. The summed E-state index contributed by atoms with van der Waals surface area (Å²) in [6.07, 6.45) is 0.703. The van der Waals surface area contributed by atoms with Crippen LogP contribution in [0.4, 0.5) is 0 Å². The summed E-state index contributed by atoms with van der Waals surface area (Å²) in [5.41, 5.74) is 0.904. The number of fused-ring (bicyclic) bond motifs is 8. The number of ether oxygens (including phenoxy) is 2. The van der Waals surface area contributed by atoms with Crippen LogP contribution in [0.2, 0.25) is 0 Å². The molecule has 8 bridgehead atoms. The van der Waals surface area contributed by atoms with Crippen LogP contribution in [0.3, 0.4) is 0 Å². The highest BCUT2D eigenvalue weighted by Crippen LogP contribution is 2.30. The van der Waals surface area contributed by atoms with Crippen molar-refractivity contribution >= 4 is 58.1 Å². The zero-order valence-electron chi connectivity index (χ0n) is 30.7. The number of nitrogens with one attached hydrogen (secondary N) is 4. The van der Waals surface area contributed by atoms with Gasteiger partial charge in [0.2, 0.25) is 35.4 Å². The van der Waals surface area contributed by atoms with Crippen molar-refractivity contribution in [3.8, 4) is 0 Å². The molecule has 278 valence electrons. The average molecular weight is 743 g/mol. The number of carbonyl (C=O) groups is 4. The van der Waals surface area contributed by atoms with Crippen LogP contribution in [-0.2, 0) is 28.7 Å². The van der Waals surface area contributed by atoms with Gasteiger partial charge in [0.05, 0.1) is 12.1 Å². The number of aromatic nitrogens is 2. The monoisotopic (exact) mass is 742 g/mol. The third-order valence-electron chi connectivity index (χ3n) is 9.75. The SMILES string of the molecule is CCC(C)C1NC(=O)C2COC(=N2)c2csc(n2)C(C(C)C)NC(=O)C(C(C)CC)NC(=O)C2N=C(OC2C)c2csc(n2)C(C(C)C)NC1=O. The van der Waals surface area contributed by atoms with Gasteiger partial charge in [0, 0.05) is 10.8 Å². The lowest BCUT2D eigenvalue weighted by molar-refractivity contribution is -0.132. The molecule has 2 aromatic rings. The zero-order chi connectivity index (χ0) is 37.1. The molecule has 2 aromatic heterocycles. The minimum absolute atomic E-state index is 0.00554. The van der Waals surface area contributed by atoms with Gasteiger partial charge in [-0.1, -0.05) is 68.2 Å². The minimum Gasteiger partial charge on any atom is -0.473 e. The molecule has 0 saturated carbocycles. The van der Waals surface area contributed by atoms with Crippen molar-refractivity contribution < 1.29 is 28.7 Å². The first-order chi connectivity index (χ1) is 24.2. The summed E-state index contributed by atoms with van der Waals surface area (Å²) in [7, 11) is 0. The standard InChI is InChI=1S/C35H50N8O6S2/c1-10-17(7)25-29(45)39-24(16(5)6)35-38-22(14-51-35)33-43-27(19(9)49-33)31(47)42-26(18(8)11-2)30(46)40-23(15(3)4)34-37-21(13-50-34)32-36-20(12-48-32)28(44)41-25/h13-20,23-27H,10-12H2,1-9H3,(H,39,45)(H,40,46)(H,41,44)(H,42,47). The summed E-state index contributed by atoms with van der Waals surface area (Å²) in [6.45, 7) is 17.4. The summed E-state index contributed by atoms with van der Waals surface area (Å²) < 4.78 is 11.9. The van der Waals surface area contributed by atoms with Gasteiger partial charge in [-0.3, -0.25) is 19.2 Å². The van der Waals surface area contributed by atoms with Gasteiger partial charge >= 0.3 is 0 Å². The molecule has 9 atom stereocenters. The summed E-state index contributed by atoms with van der Waals surface area (Å²) in [5, 5.41) is 17.0. The summed E-state index contributed by atoms with van der Waals surface area (Å²) >= 11 is 2.70. The molecule has 3 aliphatic rings. The zero-order valence-corrected chi connectivity index (χ0v) is 32.3. The number of rotatable bonds is 6. The van der Waals surface area contributed by atoms with Gasteiger partial charge in [0.1, 0.15) is 46.2 Å². The molecule has 0 spiro atoms. The fraction of sp³-hybridized carbons (Fsp3) is 0.657. The van der Waals surface area contributed by atoms with E-state index in [1.165, 1.54) is 22.7 Å². The first-order valence-corrected chi connectivity index (χ1v) is 19.6. The number of nitrogens with zero attached hydrogens (tertiary/aromatic N) is 4. The molecule has 5 heterocycles. The van der Waals surface area contributed by atoms with Crippen molar-refractivity contribution in [1.82, 2.24) is 31.2 Å². The van der Waals surface area contributed by atoms with Crippen LogP contribution in [0, 0.1) is 23.7 Å². The predicted molar refractivity (Wildman–Crippen MR) is 196 cm³/mol. The molecule has 5 rings (SSSR count). The smallest absolute Gasteiger partial charge is 0.249 e. The maximum Gasteiger partial charge on any atom is 0.249 e. The van der Waals surface area contributed by atoms with E-state index in [4.69, 9.17) is 19.4 Å². The fourth-order valence-electron chi connectivity index (χ4n) is 6.01. The van der Waals surface area contributed by atoms with Crippen molar-refractivity contribution in [1.29, 1.82) is 0 Å². The van der Waals surface area contributed by atoms with Crippen LogP contribution >= 0.6 is 22.7 Å². The molecule has 14 nitrogen and oxygen atoms in total. The average Bonchev–Trinajstić information content (AvgIpc) is 3.92. The molecule has 51 heavy (non-hydrogen) atoms. The fourth-order valence-corrected chi connectivity index (χ4v) is 8.04. The van der Waals surface area contributed by atoms with E-state index < -0.39 is 54.2 Å². The van der Waals surface area contributed by atoms with Gasteiger partial charge in [-0.15, -0.1) is 22.7 Å². The van der Waals surface area contributed by atoms with Gasteiger partial charge in [-0.25, -0.2) is 20.0 Å². The summed E-state index contributed by atoms with van der Waals surface area (Å²) in [5.74, 6) is -1.48. The Labute approximate surface area is 307 Å². The van der Waals surface area contributed by atoms with E-state index in [1.807, 2.05) is 55.4 Å². The Hall–Kier alpha value is -3.92. The van der Waals surface area contributed by atoms with Gasteiger partial charge < -0.3 is 30.7 Å². The summed E-state index contributed by atoms with van der Waals surface area (Å²) in [4.78, 5) is 73.7. The van der Waals surface area contributed by atoms with E-state index in [1.54, 1.807) is 17.7 Å². The number of hydrogen-bond acceptors (Lipinski definition) is 12. The number of thiazole rings is 2. The molecule has 16 heteroatoms. The Kier molecular flexibility index (Phi) is 12.2. The van der Waals surface area contributed by atoms with E-state index in [9.17, 15) is 19.2 Å². The molecular formula is C35H50N8O6S2. The number of carbonyl (C=O) groups excluding carboxylic acids is 4. The topological polar surface area (TPSA) is 185 Å². The van der Waals surface area contributed by atoms with Crippen LogP contribution < -0.4 is 21.3 Å². The molecule has 0 radical (unpaired) electrons. The number of aliphatic imine (C=N–C) groups is 2. The van der Waals surface area contributed by atoms with Gasteiger partial charge in [0.25, 0.3) is 0 Å². The molecule has 9 unspecified atom stereocenters. The molecule has 0 aliphatic carbocycles. The van der Waals surface area contributed by atoms with Crippen molar-refractivity contribution in [3.05, 3.63) is 32.2 Å². The Balaban J connectivity index is 1.53. The van der Waals surface area contributed by atoms with Crippen LogP contribution in [0.1, 0.15) is 109 Å². The molecule has 4 N–H and O–H groups in total.